The molecule has 0 saturated carbocycles. The number of fused-ring (bicyclic) bond motifs is 1. The van der Waals surface area contributed by atoms with Crippen LogP contribution in [0.25, 0.3) is 10.8 Å². The molecule has 3 rings (SSSR count). The fourth-order valence-corrected chi connectivity index (χ4v) is 3.57. The molecule has 3 atom stereocenters. The minimum absolute atomic E-state index is 0.0705. The zero-order chi connectivity index (χ0) is 18.0. The Balaban J connectivity index is 1.59. The number of amides is 1. The van der Waals surface area contributed by atoms with Crippen LogP contribution in [0.3, 0.4) is 0 Å². The maximum absolute atomic E-state index is 12.3. The van der Waals surface area contributed by atoms with Gasteiger partial charge in [-0.05, 0) is 35.2 Å². The number of hydrogen-bond acceptors (Lipinski definition) is 3. The number of carboxylic acid groups (broad SMARTS) is 1. The van der Waals surface area contributed by atoms with Gasteiger partial charge in [-0.1, -0.05) is 43.3 Å². The Morgan fingerprint density at radius 3 is 2.60 bits per heavy atom. The first-order chi connectivity index (χ1) is 11.9. The SMILES string of the molecule is CC(NC(=O)CN1C[C@@H](C)[C@H](C(=O)O)C1)c1ccc2ccccc2c1. The van der Waals surface area contributed by atoms with Gasteiger partial charge in [-0.15, -0.1) is 0 Å². The molecule has 2 N–H and O–H groups in total. The maximum atomic E-state index is 12.3. The minimum Gasteiger partial charge on any atom is -0.481 e. The molecule has 1 unspecified atom stereocenters. The predicted octanol–water partition coefficient (Wildman–Crippen LogP) is 2.67. The Bertz CT molecular complexity index is 789. The van der Waals surface area contributed by atoms with Crippen molar-refractivity contribution in [1.82, 2.24) is 10.2 Å². The van der Waals surface area contributed by atoms with E-state index in [0.717, 1.165) is 10.9 Å². The second kappa shape index (κ2) is 7.23. The van der Waals surface area contributed by atoms with Crippen LogP contribution >= 0.6 is 0 Å². The quantitative estimate of drug-likeness (QED) is 0.878. The van der Waals surface area contributed by atoms with E-state index in [-0.39, 0.29) is 30.3 Å². The third-order valence-electron chi connectivity index (χ3n) is 5.02. The average Bonchev–Trinajstić information content (AvgIpc) is 2.94. The number of benzene rings is 2. The Morgan fingerprint density at radius 1 is 1.20 bits per heavy atom. The van der Waals surface area contributed by atoms with Gasteiger partial charge in [0.15, 0.2) is 0 Å². The molecule has 1 aliphatic heterocycles. The van der Waals surface area contributed by atoms with Crippen LogP contribution in [0.1, 0.15) is 25.5 Å². The van der Waals surface area contributed by atoms with Crippen molar-refractivity contribution in [3.8, 4) is 0 Å². The van der Waals surface area contributed by atoms with Crippen LogP contribution < -0.4 is 5.32 Å². The highest BCUT2D eigenvalue weighted by atomic mass is 16.4. The number of rotatable bonds is 5. The van der Waals surface area contributed by atoms with E-state index in [0.29, 0.717) is 13.1 Å². The van der Waals surface area contributed by atoms with E-state index in [1.165, 1.54) is 5.39 Å². The van der Waals surface area contributed by atoms with E-state index in [1.54, 1.807) is 0 Å². The number of nitrogens with one attached hydrogen (secondary N) is 1. The Morgan fingerprint density at radius 2 is 1.92 bits per heavy atom. The molecular weight excluding hydrogens is 316 g/mol. The molecule has 0 aromatic heterocycles. The summed E-state index contributed by atoms with van der Waals surface area (Å²) in [7, 11) is 0. The van der Waals surface area contributed by atoms with Gasteiger partial charge in [0.25, 0.3) is 0 Å². The average molecular weight is 340 g/mol. The monoisotopic (exact) mass is 340 g/mol. The molecule has 132 valence electrons. The molecule has 1 fully saturated rings. The van der Waals surface area contributed by atoms with Crippen LogP contribution in [0, 0.1) is 11.8 Å². The fraction of sp³-hybridized carbons (Fsp3) is 0.400. The Kier molecular flexibility index (Phi) is 5.04. The summed E-state index contributed by atoms with van der Waals surface area (Å²) in [6.07, 6.45) is 0. The first-order valence-corrected chi connectivity index (χ1v) is 8.67. The van der Waals surface area contributed by atoms with Crippen LogP contribution in [-0.2, 0) is 9.59 Å². The predicted molar refractivity (Wildman–Crippen MR) is 97.2 cm³/mol. The van der Waals surface area contributed by atoms with Gasteiger partial charge in [0.1, 0.15) is 0 Å². The summed E-state index contributed by atoms with van der Waals surface area (Å²) in [6.45, 7) is 5.22. The first-order valence-electron chi connectivity index (χ1n) is 8.67. The van der Waals surface area contributed by atoms with Gasteiger partial charge in [0.05, 0.1) is 18.5 Å². The molecule has 5 heteroatoms. The largest absolute Gasteiger partial charge is 0.481 e. The molecule has 0 bridgehead atoms. The highest BCUT2D eigenvalue weighted by Gasteiger charge is 2.35. The van der Waals surface area contributed by atoms with Gasteiger partial charge in [-0.25, -0.2) is 0 Å². The Labute approximate surface area is 147 Å². The molecule has 1 saturated heterocycles. The van der Waals surface area contributed by atoms with Gasteiger partial charge < -0.3 is 10.4 Å². The molecule has 1 aliphatic rings. The van der Waals surface area contributed by atoms with E-state index >= 15 is 0 Å². The van der Waals surface area contributed by atoms with Crippen molar-refractivity contribution in [2.24, 2.45) is 11.8 Å². The molecule has 25 heavy (non-hydrogen) atoms. The number of aliphatic carboxylic acids is 1. The van der Waals surface area contributed by atoms with Crippen LogP contribution in [0.15, 0.2) is 42.5 Å². The van der Waals surface area contributed by atoms with Gasteiger partial charge in [-0.3, -0.25) is 14.5 Å². The lowest BCUT2D eigenvalue weighted by Gasteiger charge is -2.19. The highest BCUT2D eigenvalue weighted by molar-refractivity contribution is 5.83. The molecule has 0 radical (unpaired) electrons. The second-order valence-corrected chi connectivity index (χ2v) is 7.01. The molecule has 1 amide bonds. The highest BCUT2D eigenvalue weighted by Crippen LogP contribution is 2.23. The van der Waals surface area contributed by atoms with Crippen LogP contribution in [0.2, 0.25) is 0 Å². The smallest absolute Gasteiger partial charge is 0.308 e. The zero-order valence-electron chi connectivity index (χ0n) is 14.6. The molecule has 5 nitrogen and oxygen atoms in total. The molecule has 1 heterocycles. The number of carbonyl (C=O) groups excluding carboxylic acids is 1. The van der Waals surface area contributed by atoms with Crippen molar-refractivity contribution in [3.63, 3.8) is 0 Å². The topological polar surface area (TPSA) is 69.6 Å². The van der Waals surface area contributed by atoms with Crippen molar-refractivity contribution in [1.29, 1.82) is 0 Å². The molecule has 2 aromatic rings. The second-order valence-electron chi connectivity index (χ2n) is 7.01. The van der Waals surface area contributed by atoms with Crippen molar-refractivity contribution in [2.45, 2.75) is 19.9 Å². The van der Waals surface area contributed by atoms with E-state index in [9.17, 15) is 14.7 Å². The van der Waals surface area contributed by atoms with Crippen LogP contribution in [-0.4, -0.2) is 41.5 Å². The van der Waals surface area contributed by atoms with Crippen molar-refractivity contribution in [3.05, 3.63) is 48.0 Å². The van der Waals surface area contributed by atoms with Crippen LogP contribution in [0.4, 0.5) is 0 Å². The van der Waals surface area contributed by atoms with E-state index in [1.807, 2.05) is 36.9 Å². The summed E-state index contributed by atoms with van der Waals surface area (Å²) in [5.41, 5.74) is 1.06. The minimum atomic E-state index is -0.778. The first kappa shape index (κ1) is 17.4. The number of carboxylic acids is 1. The number of likely N-dealkylation sites (tertiary alicyclic amines) is 1. The van der Waals surface area contributed by atoms with Gasteiger partial charge in [0, 0.05) is 13.1 Å². The molecular formula is C20H24N2O3. The van der Waals surface area contributed by atoms with Gasteiger partial charge in [0.2, 0.25) is 5.91 Å². The lowest BCUT2D eigenvalue weighted by Crippen LogP contribution is -2.37. The summed E-state index contributed by atoms with van der Waals surface area (Å²) >= 11 is 0. The van der Waals surface area contributed by atoms with Crippen molar-refractivity contribution in [2.75, 3.05) is 19.6 Å². The third kappa shape index (κ3) is 3.99. The lowest BCUT2D eigenvalue weighted by atomic mass is 9.99. The van der Waals surface area contributed by atoms with E-state index < -0.39 is 5.97 Å². The Hall–Kier alpha value is -2.40. The number of hydrogen-bond donors (Lipinski definition) is 2. The molecule has 2 aromatic carbocycles. The molecule has 0 spiro atoms. The summed E-state index contributed by atoms with van der Waals surface area (Å²) in [6, 6.07) is 14.2. The van der Waals surface area contributed by atoms with Crippen molar-refractivity contribution >= 4 is 22.6 Å². The van der Waals surface area contributed by atoms with Crippen LogP contribution in [0.5, 0.6) is 0 Å². The lowest BCUT2D eigenvalue weighted by molar-refractivity contribution is -0.142. The van der Waals surface area contributed by atoms with E-state index in [4.69, 9.17) is 0 Å². The number of carbonyl (C=O) groups is 2. The van der Waals surface area contributed by atoms with Gasteiger partial charge in [-0.2, -0.15) is 0 Å². The van der Waals surface area contributed by atoms with Gasteiger partial charge >= 0.3 is 5.97 Å². The van der Waals surface area contributed by atoms with E-state index in [2.05, 4.69) is 29.6 Å². The third-order valence-corrected chi connectivity index (χ3v) is 5.02. The summed E-state index contributed by atoms with van der Waals surface area (Å²) in [5.74, 6) is -1.16. The zero-order valence-corrected chi connectivity index (χ0v) is 14.6. The molecule has 0 aliphatic carbocycles. The summed E-state index contributed by atoms with van der Waals surface area (Å²) in [4.78, 5) is 25.4. The normalized spacial score (nSPS) is 22.0. The summed E-state index contributed by atoms with van der Waals surface area (Å²) in [5, 5.41) is 14.5. The summed E-state index contributed by atoms with van der Waals surface area (Å²) < 4.78 is 0. The van der Waals surface area contributed by atoms with Crippen molar-refractivity contribution < 1.29 is 14.7 Å². The number of nitrogens with zero attached hydrogens (tertiary/aromatic N) is 1. The fourth-order valence-electron chi connectivity index (χ4n) is 3.57. The standard InChI is InChI=1S/C20H24N2O3/c1-13-10-22(11-18(13)20(24)25)12-19(23)21-14(2)16-8-7-15-5-3-4-6-17(15)9-16/h3-9,13-14,18H,10-12H2,1-2H3,(H,21,23)(H,24,25)/t13-,14?,18-/m1/s1. The maximum Gasteiger partial charge on any atom is 0.308 e.